The smallest absolute Gasteiger partial charge is 0.333 e. The number of rotatable bonds is 9. The first-order chi connectivity index (χ1) is 14.1. The number of hydrogen-bond donors (Lipinski definition) is 1. The number of hydrogen-bond acceptors (Lipinski definition) is 4. The molecule has 0 bridgehead atoms. The van der Waals surface area contributed by atoms with Crippen molar-refractivity contribution >= 4 is 11.8 Å². The number of carboxylic acid groups (broad SMARTS) is 1. The van der Waals surface area contributed by atoms with E-state index >= 15 is 0 Å². The number of aliphatic carboxylic acids is 1. The third kappa shape index (κ3) is 5.53. The molecule has 5 nitrogen and oxygen atoms in total. The number of ether oxygens (including phenoxy) is 2. The molecule has 0 aliphatic carbocycles. The molecule has 0 amide bonds. The van der Waals surface area contributed by atoms with Crippen LogP contribution in [0.25, 0.3) is 11.1 Å². The van der Waals surface area contributed by atoms with Gasteiger partial charge in [-0.3, -0.25) is 4.79 Å². The molecule has 3 aromatic rings. The first-order valence-corrected chi connectivity index (χ1v) is 9.23. The van der Waals surface area contributed by atoms with Gasteiger partial charge in [-0.1, -0.05) is 66.7 Å². The number of carbonyl (C=O) groups excluding carboxylic acids is 1. The van der Waals surface area contributed by atoms with Crippen LogP contribution in [0.2, 0.25) is 0 Å². The molecule has 0 aliphatic heterocycles. The van der Waals surface area contributed by atoms with E-state index in [1.807, 2.05) is 54.6 Å². The number of Topliss-reactive ketones (excluding diaryl/α,β-unsaturated/α-hetero) is 1. The summed E-state index contributed by atoms with van der Waals surface area (Å²) in [6.07, 6.45) is -0.663. The summed E-state index contributed by atoms with van der Waals surface area (Å²) in [7, 11) is 1.36. The molecule has 0 aromatic heterocycles. The van der Waals surface area contributed by atoms with E-state index in [0.29, 0.717) is 11.3 Å². The van der Waals surface area contributed by atoms with E-state index in [4.69, 9.17) is 14.6 Å². The molecular weight excluding hydrogens is 368 g/mol. The van der Waals surface area contributed by atoms with Crippen LogP contribution in [0.3, 0.4) is 0 Å². The van der Waals surface area contributed by atoms with Crippen LogP contribution in [0.4, 0.5) is 0 Å². The Morgan fingerprint density at radius 1 is 0.862 bits per heavy atom. The lowest BCUT2D eigenvalue weighted by Crippen LogP contribution is -2.24. The molecular formula is C24H22O5. The first-order valence-electron chi connectivity index (χ1n) is 9.23. The van der Waals surface area contributed by atoms with E-state index in [9.17, 15) is 9.59 Å². The number of ketones is 1. The van der Waals surface area contributed by atoms with Crippen LogP contribution in [0, 0.1) is 0 Å². The van der Waals surface area contributed by atoms with Gasteiger partial charge in [-0.25, -0.2) is 4.79 Å². The third-order valence-corrected chi connectivity index (χ3v) is 4.59. The molecule has 0 radical (unpaired) electrons. The normalized spacial score (nSPS) is 11.6. The monoisotopic (exact) mass is 390 g/mol. The van der Waals surface area contributed by atoms with E-state index in [-0.39, 0.29) is 18.8 Å². The van der Waals surface area contributed by atoms with Gasteiger partial charge in [-0.15, -0.1) is 0 Å². The lowest BCUT2D eigenvalue weighted by atomic mass is 10.0. The highest BCUT2D eigenvalue weighted by atomic mass is 16.5. The average Bonchev–Trinajstić information content (AvgIpc) is 2.77. The van der Waals surface area contributed by atoms with E-state index in [1.54, 1.807) is 24.3 Å². The Morgan fingerprint density at radius 2 is 1.48 bits per heavy atom. The molecule has 1 N–H and O–H groups in total. The van der Waals surface area contributed by atoms with Crippen molar-refractivity contribution in [3.05, 3.63) is 90.0 Å². The van der Waals surface area contributed by atoms with Gasteiger partial charge in [0.05, 0.1) is 0 Å². The molecule has 29 heavy (non-hydrogen) atoms. The van der Waals surface area contributed by atoms with E-state index in [1.165, 1.54) is 7.11 Å². The Balaban J connectivity index is 1.56. The van der Waals surface area contributed by atoms with Gasteiger partial charge in [0.1, 0.15) is 5.75 Å². The van der Waals surface area contributed by atoms with Gasteiger partial charge >= 0.3 is 5.97 Å². The summed E-state index contributed by atoms with van der Waals surface area (Å²) in [6.45, 7) is -0.0696. The molecule has 0 saturated carbocycles. The van der Waals surface area contributed by atoms with Crippen molar-refractivity contribution in [2.75, 3.05) is 13.7 Å². The fourth-order valence-corrected chi connectivity index (χ4v) is 2.92. The van der Waals surface area contributed by atoms with E-state index in [2.05, 4.69) is 0 Å². The fourth-order valence-electron chi connectivity index (χ4n) is 2.92. The summed E-state index contributed by atoms with van der Waals surface area (Å²) in [5, 5.41) is 9.04. The van der Waals surface area contributed by atoms with Crippen molar-refractivity contribution in [2.24, 2.45) is 0 Å². The molecule has 0 heterocycles. The van der Waals surface area contributed by atoms with Crippen LogP contribution in [-0.2, 0) is 16.0 Å². The standard InChI is InChI=1S/C24H22O5/c1-28-23(24(26)27)15-17-7-9-20(10-8-17)22(25)16-29-21-13-11-19(12-14-21)18-5-3-2-4-6-18/h2-14,23H,15-16H2,1H3,(H,26,27)/t23-/m0/s1. The van der Waals surface area contributed by atoms with Gasteiger partial charge in [-0.05, 0) is 28.8 Å². The minimum Gasteiger partial charge on any atom is -0.485 e. The molecule has 0 aliphatic rings. The summed E-state index contributed by atoms with van der Waals surface area (Å²) >= 11 is 0. The summed E-state index contributed by atoms with van der Waals surface area (Å²) in [5.41, 5.74) is 3.50. The van der Waals surface area contributed by atoms with E-state index < -0.39 is 12.1 Å². The average molecular weight is 390 g/mol. The first kappa shape index (κ1) is 20.3. The minimum atomic E-state index is -1.01. The highest BCUT2D eigenvalue weighted by molar-refractivity contribution is 5.97. The van der Waals surface area contributed by atoms with Gasteiger partial charge in [0.25, 0.3) is 0 Å². The molecule has 1 atom stereocenters. The highest BCUT2D eigenvalue weighted by Gasteiger charge is 2.17. The van der Waals surface area contributed by atoms with Gasteiger partial charge in [-0.2, -0.15) is 0 Å². The Kier molecular flexibility index (Phi) is 6.76. The topological polar surface area (TPSA) is 72.8 Å². The summed E-state index contributed by atoms with van der Waals surface area (Å²) < 4.78 is 10.5. The molecule has 0 fully saturated rings. The number of carboxylic acids is 1. The van der Waals surface area contributed by atoms with Crippen molar-refractivity contribution in [3.8, 4) is 16.9 Å². The number of methoxy groups -OCH3 is 1. The fraction of sp³-hybridized carbons (Fsp3) is 0.167. The molecule has 0 saturated heterocycles. The molecule has 3 aromatic carbocycles. The molecule has 0 spiro atoms. The maximum atomic E-state index is 12.4. The maximum Gasteiger partial charge on any atom is 0.333 e. The minimum absolute atomic E-state index is 0.0696. The zero-order valence-corrected chi connectivity index (χ0v) is 16.1. The van der Waals surface area contributed by atoms with Crippen molar-refractivity contribution in [3.63, 3.8) is 0 Å². The van der Waals surface area contributed by atoms with Crippen LogP contribution in [0.5, 0.6) is 5.75 Å². The molecule has 5 heteroatoms. The van der Waals surface area contributed by atoms with Gasteiger partial charge in [0.15, 0.2) is 18.5 Å². The largest absolute Gasteiger partial charge is 0.485 e. The zero-order chi connectivity index (χ0) is 20.6. The lowest BCUT2D eigenvalue weighted by Gasteiger charge is -2.11. The lowest BCUT2D eigenvalue weighted by molar-refractivity contribution is -0.148. The van der Waals surface area contributed by atoms with Crippen LogP contribution in [0.15, 0.2) is 78.9 Å². The second kappa shape index (κ2) is 9.66. The van der Waals surface area contributed by atoms with Crippen molar-refractivity contribution in [1.82, 2.24) is 0 Å². The highest BCUT2D eigenvalue weighted by Crippen LogP contribution is 2.22. The van der Waals surface area contributed by atoms with E-state index in [0.717, 1.165) is 16.7 Å². The summed E-state index contributed by atoms with van der Waals surface area (Å²) in [5.74, 6) is -0.538. The molecule has 3 rings (SSSR count). The Hall–Kier alpha value is -3.44. The SMILES string of the molecule is CO[C@@H](Cc1ccc(C(=O)COc2ccc(-c3ccccc3)cc2)cc1)C(=O)O. The molecule has 0 unspecified atom stereocenters. The van der Waals surface area contributed by atoms with Gasteiger partial charge < -0.3 is 14.6 Å². The third-order valence-electron chi connectivity index (χ3n) is 4.59. The second-order valence-corrected chi connectivity index (χ2v) is 6.57. The Labute approximate surface area is 169 Å². The summed E-state index contributed by atoms with van der Waals surface area (Å²) in [6, 6.07) is 24.4. The quantitative estimate of drug-likeness (QED) is 0.553. The van der Waals surface area contributed by atoms with Crippen molar-refractivity contribution in [2.45, 2.75) is 12.5 Å². The van der Waals surface area contributed by atoms with Crippen LogP contribution < -0.4 is 4.74 Å². The summed E-state index contributed by atoms with van der Waals surface area (Å²) in [4.78, 5) is 23.4. The second-order valence-electron chi connectivity index (χ2n) is 6.57. The Bertz CT molecular complexity index is 947. The van der Waals surface area contributed by atoms with Crippen molar-refractivity contribution < 1.29 is 24.2 Å². The van der Waals surface area contributed by atoms with Gasteiger partial charge in [0, 0.05) is 19.1 Å². The zero-order valence-electron chi connectivity index (χ0n) is 16.1. The van der Waals surface area contributed by atoms with Crippen molar-refractivity contribution in [1.29, 1.82) is 0 Å². The Morgan fingerprint density at radius 3 is 2.07 bits per heavy atom. The predicted molar refractivity (Wildman–Crippen MR) is 110 cm³/mol. The molecule has 148 valence electrons. The van der Waals surface area contributed by atoms with Crippen LogP contribution in [-0.4, -0.2) is 36.7 Å². The van der Waals surface area contributed by atoms with Gasteiger partial charge in [0.2, 0.25) is 0 Å². The van der Waals surface area contributed by atoms with Crippen LogP contribution >= 0.6 is 0 Å². The predicted octanol–water partition coefficient (Wildman–Crippen LogP) is 4.26. The maximum absolute atomic E-state index is 12.4. The number of carbonyl (C=O) groups is 2. The number of benzene rings is 3. The van der Waals surface area contributed by atoms with Crippen LogP contribution in [0.1, 0.15) is 15.9 Å².